The minimum Gasteiger partial charge on any atom is -0.497 e. The molecule has 0 radical (unpaired) electrons. The largest absolute Gasteiger partial charge is 0.497 e. The summed E-state index contributed by atoms with van der Waals surface area (Å²) in [5.74, 6) is 0.608. The fraction of sp³-hybridized carbons (Fsp3) is 0.450. The van der Waals surface area contributed by atoms with Gasteiger partial charge in [-0.25, -0.2) is 4.98 Å². The number of fused-ring (bicyclic) bond motifs is 3. The maximum absolute atomic E-state index is 13.7. The first-order valence-corrected chi connectivity index (χ1v) is 9.24. The number of hydrogen-bond acceptors (Lipinski definition) is 4. The molecule has 28 heavy (non-hydrogen) atoms. The van der Waals surface area contributed by atoms with Crippen LogP contribution in [-0.2, 0) is 17.5 Å². The Morgan fingerprint density at radius 2 is 1.93 bits per heavy atom. The van der Waals surface area contributed by atoms with E-state index >= 15 is 0 Å². The maximum atomic E-state index is 13.7. The van der Waals surface area contributed by atoms with Gasteiger partial charge in [-0.15, -0.1) is 0 Å². The number of morpholine rings is 1. The number of hydrogen-bond donors (Lipinski definition) is 0. The number of methoxy groups -OCH3 is 1. The molecule has 0 N–H and O–H groups in total. The van der Waals surface area contributed by atoms with Gasteiger partial charge in [-0.05, 0) is 25.1 Å². The van der Waals surface area contributed by atoms with Crippen LogP contribution in [0, 0.1) is 0 Å². The van der Waals surface area contributed by atoms with Crippen LogP contribution in [0.2, 0.25) is 0 Å². The molecule has 3 aromatic rings. The average Bonchev–Trinajstić information content (AvgIpc) is 3.01. The van der Waals surface area contributed by atoms with Gasteiger partial charge in [0.05, 0.1) is 31.4 Å². The molecule has 1 fully saturated rings. The van der Waals surface area contributed by atoms with Crippen LogP contribution < -0.4 is 4.74 Å². The van der Waals surface area contributed by atoms with Crippen molar-refractivity contribution in [3.63, 3.8) is 0 Å². The van der Waals surface area contributed by atoms with E-state index in [0.717, 1.165) is 18.5 Å². The van der Waals surface area contributed by atoms with Crippen LogP contribution in [0.3, 0.4) is 0 Å². The first-order chi connectivity index (χ1) is 13.4. The second kappa shape index (κ2) is 7.25. The molecule has 5 nitrogen and oxygen atoms in total. The number of halogens is 3. The third-order valence-electron chi connectivity index (χ3n) is 5.36. The number of pyridine rings is 1. The standard InChI is InChI=1S/C20H22F3N3O2/c1-13(25-7-9-28-10-8-25)12-26-17-11-14(27-2)3-4-15(17)16-5-6-24-19(18(16)26)20(21,22)23/h3-6,11,13H,7-10,12H2,1-2H3. The molecule has 4 rings (SSSR count). The molecule has 1 unspecified atom stereocenters. The van der Waals surface area contributed by atoms with E-state index in [1.54, 1.807) is 29.9 Å². The number of alkyl halides is 3. The second-order valence-electron chi connectivity index (χ2n) is 7.04. The Labute approximate surface area is 160 Å². The molecule has 3 heterocycles. The lowest BCUT2D eigenvalue weighted by Crippen LogP contribution is -2.43. The molecule has 1 aromatic carbocycles. The number of nitrogens with zero attached hydrogens (tertiary/aromatic N) is 3. The predicted octanol–water partition coefficient (Wildman–Crippen LogP) is 3.94. The quantitative estimate of drug-likeness (QED) is 0.673. The molecular weight excluding hydrogens is 371 g/mol. The molecular formula is C20H22F3N3O2. The summed E-state index contributed by atoms with van der Waals surface area (Å²) in [6.07, 6.45) is -3.30. The molecule has 150 valence electrons. The number of ether oxygens (including phenoxy) is 2. The Hall–Kier alpha value is -2.32. The van der Waals surface area contributed by atoms with Crippen LogP contribution >= 0.6 is 0 Å². The highest BCUT2D eigenvalue weighted by molar-refractivity contribution is 6.09. The summed E-state index contributed by atoms with van der Waals surface area (Å²) in [6, 6.07) is 7.07. The van der Waals surface area contributed by atoms with Gasteiger partial charge in [0.2, 0.25) is 0 Å². The summed E-state index contributed by atoms with van der Waals surface area (Å²) in [6.45, 7) is 5.27. The number of aromatic nitrogens is 2. The third-order valence-corrected chi connectivity index (χ3v) is 5.36. The van der Waals surface area contributed by atoms with Crippen molar-refractivity contribution in [2.75, 3.05) is 33.4 Å². The first kappa shape index (κ1) is 19.0. The van der Waals surface area contributed by atoms with Crippen molar-refractivity contribution in [1.82, 2.24) is 14.5 Å². The normalized spacial score (nSPS) is 17.3. The van der Waals surface area contributed by atoms with Crippen LogP contribution in [0.25, 0.3) is 21.8 Å². The first-order valence-electron chi connectivity index (χ1n) is 9.24. The van der Waals surface area contributed by atoms with Crippen molar-refractivity contribution in [2.45, 2.75) is 25.7 Å². The molecule has 0 aliphatic carbocycles. The number of benzene rings is 1. The minimum absolute atomic E-state index is 0.0511. The molecule has 0 saturated carbocycles. The highest BCUT2D eigenvalue weighted by Gasteiger charge is 2.37. The molecule has 1 aliphatic heterocycles. The predicted molar refractivity (Wildman–Crippen MR) is 101 cm³/mol. The van der Waals surface area contributed by atoms with E-state index in [2.05, 4.69) is 9.88 Å². The summed E-state index contributed by atoms with van der Waals surface area (Å²) >= 11 is 0. The van der Waals surface area contributed by atoms with Gasteiger partial charge in [-0.3, -0.25) is 4.90 Å². The monoisotopic (exact) mass is 393 g/mol. The van der Waals surface area contributed by atoms with Gasteiger partial charge < -0.3 is 14.0 Å². The van der Waals surface area contributed by atoms with Crippen LogP contribution in [-0.4, -0.2) is 53.9 Å². The maximum Gasteiger partial charge on any atom is 0.435 e. The Morgan fingerprint density at radius 3 is 2.61 bits per heavy atom. The Kier molecular flexibility index (Phi) is 4.93. The average molecular weight is 393 g/mol. The highest BCUT2D eigenvalue weighted by Crippen LogP contribution is 2.39. The molecule has 1 atom stereocenters. The SMILES string of the molecule is COc1ccc2c3ccnc(C(F)(F)F)c3n(CC(C)N3CCOCC3)c2c1. The summed E-state index contributed by atoms with van der Waals surface area (Å²) in [4.78, 5) is 5.93. The van der Waals surface area contributed by atoms with Crippen molar-refractivity contribution in [3.05, 3.63) is 36.2 Å². The van der Waals surface area contributed by atoms with Crippen LogP contribution in [0.4, 0.5) is 13.2 Å². The molecule has 2 aromatic heterocycles. The van der Waals surface area contributed by atoms with Crippen LogP contribution in [0.1, 0.15) is 12.6 Å². The minimum atomic E-state index is -4.53. The lowest BCUT2D eigenvalue weighted by atomic mass is 10.1. The zero-order chi connectivity index (χ0) is 19.9. The van der Waals surface area contributed by atoms with E-state index in [1.807, 2.05) is 13.0 Å². The van der Waals surface area contributed by atoms with Gasteiger partial charge in [0.1, 0.15) is 5.75 Å². The summed E-state index contributed by atoms with van der Waals surface area (Å²) in [5.41, 5.74) is -0.0133. The Bertz CT molecular complexity index is 994. The van der Waals surface area contributed by atoms with E-state index in [4.69, 9.17) is 9.47 Å². The fourth-order valence-corrected chi connectivity index (χ4v) is 3.95. The molecule has 0 bridgehead atoms. The lowest BCUT2D eigenvalue weighted by molar-refractivity contribution is -0.140. The van der Waals surface area contributed by atoms with Gasteiger partial charge in [0.15, 0.2) is 5.69 Å². The highest BCUT2D eigenvalue weighted by atomic mass is 19.4. The Morgan fingerprint density at radius 1 is 1.18 bits per heavy atom. The fourth-order valence-electron chi connectivity index (χ4n) is 3.95. The zero-order valence-electron chi connectivity index (χ0n) is 15.8. The second-order valence-corrected chi connectivity index (χ2v) is 7.04. The lowest BCUT2D eigenvalue weighted by Gasteiger charge is -2.33. The van der Waals surface area contributed by atoms with E-state index in [9.17, 15) is 13.2 Å². The van der Waals surface area contributed by atoms with Crippen molar-refractivity contribution >= 4 is 21.8 Å². The summed E-state index contributed by atoms with van der Waals surface area (Å²) in [5, 5.41) is 1.31. The Balaban J connectivity index is 1.91. The smallest absolute Gasteiger partial charge is 0.435 e. The molecule has 0 spiro atoms. The summed E-state index contributed by atoms with van der Waals surface area (Å²) in [7, 11) is 1.55. The topological polar surface area (TPSA) is 39.5 Å². The van der Waals surface area contributed by atoms with Crippen molar-refractivity contribution in [3.8, 4) is 5.75 Å². The van der Waals surface area contributed by atoms with Crippen molar-refractivity contribution in [2.24, 2.45) is 0 Å². The van der Waals surface area contributed by atoms with Gasteiger partial charge in [-0.1, -0.05) is 0 Å². The van der Waals surface area contributed by atoms with Crippen molar-refractivity contribution < 1.29 is 22.6 Å². The molecule has 1 aliphatic rings. The molecule has 8 heteroatoms. The molecule has 0 amide bonds. The molecule has 1 saturated heterocycles. The van der Waals surface area contributed by atoms with Crippen molar-refractivity contribution in [1.29, 1.82) is 0 Å². The van der Waals surface area contributed by atoms with Crippen LogP contribution in [0.15, 0.2) is 30.5 Å². The van der Waals surface area contributed by atoms with Gasteiger partial charge in [-0.2, -0.15) is 13.2 Å². The van der Waals surface area contributed by atoms with Gasteiger partial charge >= 0.3 is 6.18 Å². The van der Waals surface area contributed by atoms with Crippen LogP contribution in [0.5, 0.6) is 5.75 Å². The van der Waals surface area contributed by atoms with E-state index in [-0.39, 0.29) is 11.6 Å². The van der Waals surface area contributed by atoms with E-state index in [1.165, 1.54) is 6.20 Å². The van der Waals surface area contributed by atoms with Gasteiger partial charge in [0, 0.05) is 48.7 Å². The van der Waals surface area contributed by atoms with E-state index in [0.29, 0.717) is 36.4 Å². The zero-order valence-corrected chi connectivity index (χ0v) is 15.8. The van der Waals surface area contributed by atoms with E-state index < -0.39 is 11.9 Å². The number of rotatable bonds is 4. The summed E-state index contributed by atoms with van der Waals surface area (Å²) < 4.78 is 53.7. The van der Waals surface area contributed by atoms with Gasteiger partial charge in [0.25, 0.3) is 0 Å². The third kappa shape index (κ3) is 3.31.